The van der Waals surface area contributed by atoms with Crippen molar-refractivity contribution in [2.24, 2.45) is 16.7 Å². The Balaban J connectivity index is 2.73. The second-order valence-electron chi connectivity index (χ2n) is 9.09. The van der Waals surface area contributed by atoms with Crippen molar-refractivity contribution in [3.63, 3.8) is 0 Å². The molecule has 1 aliphatic rings. The van der Waals surface area contributed by atoms with Gasteiger partial charge in [-0.05, 0) is 29.7 Å². The second-order valence-corrected chi connectivity index (χ2v) is 9.09. The van der Waals surface area contributed by atoms with Crippen LogP contribution in [-0.2, 0) is 0 Å². The van der Waals surface area contributed by atoms with Crippen molar-refractivity contribution < 1.29 is 0 Å². The van der Waals surface area contributed by atoms with Gasteiger partial charge in [-0.2, -0.15) is 0 Å². The molecule has 0 aromatic carbocycles. The number of nitrogens with one attached hydrogen (secondary N) is 1. The first-order chi connectivity index (χ1) is 9.04. The van der Waals surface area contributed by atoms with Gasteiger partial charge in [-0.1, -0.05) is 61.8 Å². The van der Waals surface area contributed by atoms with Crippen LogP contribution in [0.5, 0.6) is 0 Å². The molecule has 1 aliphatic heterocycles. The van der Waals surface area contributed by atoms with Gasteiger partial charge in [0.25, 0.3) is 0 Å². The summed E-state index contributed by atoms with van der Waals surface area (Å²) in [6, 6.07) is 1.32. The van der Waals surface area contributed by atoms with Crippen LogP contribution in [0.3, 0.4) is 0 Å². The highest BCUT2D eigenvalue weighted by Gasteiger charge is 2.35. The molecule has 1 heterocycles. The summed E-state index contributed by atoms with van der Waals surface area (Å²) in [5, 5.41) is 3.81. The Morgan fingerprint density at radius 2 is 1.75 bits per heavy atom. The SMILES string of the molecule is CCC(C)C1CNC(C(C)(C)C)CN1CCC(C)(C)C. The van der Waals surface area contributed by atoms with Crippen LogP contribution >= 0.6 is 0 Å². The van der Waals surface area contributed by atoms with Gasteiger partial charge in [0, 0.05) is 25.2 Å². The van der Waals surface area contributed by atoms with Crippen molar-refractivity contribution >= 4 is 0 Å². The number of rotatable bonds is 4. The van der Waals surface area contributed by atoms with E-state index < -0.39 is 0 Å². The maximum Gasteiger partial charge on any atom is 0.0246 e. The van der Waals surface area contributed by atoms with Crippen LogP contribution < -0.4 is 5.32 Å². The van der Waals surface area contributed by atoms with Crippen molar-refractivity contribution in [2.75, 3.05) is 19.6 Å². The minimum absolute atomic E-state index is 0.348. The first-order valence-corrected chi connectivity index (χ1v) is 8.52. The first kappa shape index (κ1) is 18.0. The number of nitrogens with zero attached hydrogens (tertiary/aromatic N) is 1. The summed E-state index contributed by atoms with van der Waals surface area (Å²) in [5.74, 6) is 0.781. The van der Waals surface area contributed by atoms with Crippen molar-refractivity contribution in [3.05, 3.63) is 0 Å². The van der Waals surface area contributed by atoms with E-state index in [4.69, 9.17) is 0 Å². The Labute approximate surface area is 127 Å². The molecule has 0 aromatic heterocycles. The molecule has 3 unspecified atom stereocenters. The molecule has 1 fully saturated rings. The van der Waals surface area contributed by atoms with Gasteiger partial charge in [0.2, 0.25) is 0 Å². The molecule has 2 nitrogen and oxygen atoms in total. The molecule has 0 radical (unpaired) electrons. The van der Waals surface area contributed by atoms with E-state index in [1.165, 1.54) is 25.9 Å². The first-order valence-electron chi connectivity index (χ1n) is 8.52. The topological polar surface area (TPSA) is 15.3 Å². The van der Waals surface area contributed by atoms with Crippen molar-refractivity contribution in [2.45, 2.75) is 80.3 Å². The van der Waals surface area contributed by atoms with Crippen molar-refractivity contribution in [1.82, 2.24) is 10.2 Å². The second kappa shape index (κ2) is 6.79. The Kier molecular flexibility index (Phi) is 6.10. The normalized spacial score (nSPS) is 27.6. The maximum absolute atomic E-state index is 3.81. The summed E-state index contributed by atoms with van der Waals surface area (Å²) in [5.41, 5.74) is 0.780. The molecule has 0 aromatic rings. The van der Waals surface area contributed by atoms with E-state index in [0.29, 0.717) is 22.9 Å². The molecule has 3 atom stereocenters. The molecule has 2 heteroatoms. The van der Waals surface area contributed by atoms with Crippen molar-refractivity contribution in [1.29, 1.82) is 0 Å². The lowest BCUT2D eigenvalue weighted by atomic mass is 9.82. The lowest BCUT2D eigenvalue weighted by Crippen LogP contribution is -2.62. The molecule has 0 bridgehead atoms. The van der Waals surface area contributed by atoms with Gasteiger partial charge in [0.1, 0.15) is 0 Å². The molecular formula is C18H38N2. The Hall–Kier alpha value is -0.0800. The van der Waals surface area contributed by atoms with Crippen LogP contribution in [0.25, 0.3) is 0 Å². The van der Waals surface area contributed by atoms with Gasteiger partial charge in [0.05, 0.1) is 0 Å². The van der Waals surface area contributed by atoms with E-state index in [1.807, 2.05) is 0 Å². The summed E-state index contributed by atoms with van der Waals surface area (Å²) in [6.07, 6.45) is 2.56. The summed E-state index contributed by atoms with van der Waals surface area (Å²) >= 11 is 0. The average molecular weight is 283 g/mol. The molecule has 0 aliphatic carbocycles. The Morgan fingerprint density at radius 1 is 1.15 bits per heavy atom. The van der Waals surface area contributed by atoms with Crippen LogP contribution in [0.4, 0.5) is 0 Å². The molecule has 20 heavy (non-hydrogen) atoms. The smallest absolute Gasteiger partial charge is 0.0246 e. The molecule has 0 spiro atoms. The highest BCUT2D eigenvalue weighted by molar-refractivity contribution is 4.93. The van der Waals surface area contributed by atoms with Crippen LogP contribution in [0.15, 0.2) is 0 Å². The predicted octanol–water partition coefficient (Wildman–Crippen LogP) is 4.16. The fourth-order valence-electron chi connectivity index (χ4n) is 2.98. The summed E-state index contributed by atoms with van der Waals surface area (Å²) in [7, 11) is 0. The van der Waals surface area contributed by atoms with Gasteiger partial charge in [-0.15, -0.1) is 0 Å². The lowest BCUT2D eigenvalue weighted by Gasteiger charge is -2.47. The molecule has 1 N–H and O–H groups in total. The number of hydrogen-bond donors (Lipinski definition) is 1. The van der Waals surface area contributed by atoms with E-state index in [-0.39, 0.29) is 0 Å². The van der Waals surface area contributed by atoms with Crippen molar-refractivity contribution in [3.8, 4) is 0 Å². The highest BCUT2D eigenvalue weighted by atomic mass is 15.2. The molecule has 120 valence electrons. The fraction of sp³-hybridized carbons (Fsp3) is 1.00. The molecule has 1 saturated heterocycles. The quantitative estimate of drug-likeness (QED) is 0.833. The molecule has 0 amide bonds. The average Bonchev–Trinajstić information content (AvgIpc) is 2.33. The van der Waals surface area contributed by atoms with E-state index in [2.05, 4.69) is 65.6 Å². The van der Waals surface area contributed by atoms with E-state index in [1.54, 1.807) is 0 Å². The van der Waals surface area contributed by atoms with E-state index in [9.17, 15) is 0 Å². The summed E-state index contributed by atoms with van der Waals surface area (Å²) in [6.45, 7) is 22.5. The van der Waals surface area contributed by atoms with Gasteiger partial charge in [-0.3, -0.25) is 4.90 Å². The zero-order valence-corrected chi connectivity index (χ0v) is 15.2. The van der Waals surface area contributed by atoms with Gasteiger partial charge >= 0.3 is 0 Å². The monoisotopic (exact) mass is 282 g/mol. The third-order valence-corrected chi connectivity index (χ3v) is 4.95. The molecule has 1 rings (SSSR count). The van der Waals surface area contributed by atoms with Crippen LogP contribution in [0, 0.1) is 16.7 Å². The largest absolute Gasteiger partial charge is 0.311 e. The zero-order valence-electron chi connectivity index (χ0n) is 15.2. The number of hydrogen-bond acceptors (Lipinski definition) is 2. The Bertz CT molecular complexity index is 285. The molecular weight excluding hydrogens is 244 g/mol. The third-order valence-electron chi connectivity index (χ3n) is 4.95. The Morgan fingerprint density at radius 3 is 2.20 bits per heavy atom. The van der Waals surface area contributed by atoms with Crippen LogP contribution in [0.2, 0.25) is 0 Å². The lowest BCUT2D eigenvalue weighted by molar-refractivity contribution is 0.0503. The van der Waals surface area contributed by atoms with Crippen LogP contribution in [0.1, 0.15) is 68.2 Å². The fourth-order valence-corrected chi connectivity index (χ4v) is 2.98. The van der Waals surface area contributed by atoms with Gasteiger partial charge in [-0.25, -0.2) is 0 Å². The van der Waals surface area contributed by atoms with E-state index in [0.717, 1.165) is 12.5 Å². The maximum atomic E-state index is 3.81. The minimum atomic E-state index is 0.348. The predicted molar refractivity (Wildman–Crippen MR) is 90.1 cm³/mol. The standard InChI is InChI=1S/C18H38N2/c1-9-14(2)15-12-19-16(18(6,7)8)13-20(15)11-10-17(3,4)5/h14-16,19H,9-13H2,1-8H3. The van der Waals surface area contributed by atoms with Crippen LogP contribution in [-0.4, -0.2) is 36.6 Å². The summed E-state index contributed by atoms with van der Waals surface area (Å²) in [4.78, 5) is 2.77. The van der Waals surface area contributed by atoms with E-state index >= 15 is 0 Å². The minimum Gasteiger partial charge on any atom is -0.311 e. The highest BCUT2D eigenvalue weighted by Crippen LogP contribution is 2.28. The van der Waals surface area contributed by atoms with Gasteiger partial charge in [0.15, 0.2) is 0 Å². The third kappa shape index (κ3) is 5.37. The summed E-state index contributed by atoms with van der Waals surface area (Å²) < 4.78 is 0. The molecule has 0 saturated carbocycles. The zero-order chi connectivity index (χ0) is 15.6. The van der Waals surface area contributed by atoms with Gasteiger partial charge < -0.3 is 5.32 Å². The number of piperazine rings is 1.